The van der Waals surface area contributed by atoms with Crippen molar-refractivity contribution in [2.75, 3.05) is 11.9 Å². The lowest BCUT2D eigenvalue weighted by Crippen LogP contribution is -2.08. The molecule has 1 heterocycles. The Hall–Kier alpha value is -0.820. The van der Waals surface area contributed by atoms with Crippen molar-refractivity contribution in [3.05, 3.63) is 17.4 Å². The first kappa shape index (κ1) is 11.3. The van der Waals surface area contributed by atoms with Gasteiger partial charge < -0.3 is 5.32 Å². The van der Waals surface area contributed by atoms with Crippen LogP contribution in [0.2, 0.25) is 0 Å². The third kappa shape index (κ3) is 3.15. The standard InChI is InChI=1S/C6H5ClF3N3S/c1-3(7)2-11-5-12-4(13-14-5)6(8,9)10/h1-2H2,(H,11,12,13). The summed E-state index contributed by atoms with van der Waals surface area (Å²) in [6.07, 6.45) is -4.51. The molecule has 0 aliphatic rings. The molecule has 14 heavy (non-hydrogen) atoms. The van der Waals surface area contributed by atoms with Gasteiger partial charge in [-0.2, -0.15) is 22.5 Å². The highest BCUT2D eigenvalue weighted by Gasteiger charge is 2.36. The third-order valence-corrected chi connectivity index (χ3v) is 1.92. The normalized spacial score (nSPS) is 11.4. The minimum atomic E-state index is -4.51. The molecule has 0 aliphatic carbocycles. The first-order valence-corrected chi connectivity index (χ1v) is 4.53. The average molecular weight is 244 g/mol. The highest BCUT2D eigenvalue weighted by atomic mass is 35.5. The van der Waals surface area contributed by atoms with Crippen LogP contribution in [0.4, 0.5) is 18.3 Å². The quantitative estimate of drug-likeness (QED) is 0.887. The largest absolute Gasteiger partial charge is 0.452 e. The molecule has 0 saturated carbocycles. The number of nitrogens with zero attached hydrogens (tertiary/aromatic N) is 2. The van der Waals surface area contributed by atoms with Crippen LogP contribution in [0.15, 0.2) is 11.6 Å². The Kier molecular flexibility index (Phi) is 3.33. The molecule has 1 N–H and O–H groups in total. The van der Waals surface area contributed by atoms with Crippen LogP contribution in [0.3, 0.4) is 0 Å². The second kappa shape index (κ2) is 4.14. The van der Waals surface area contributed by atoms with E-state index < -0.39 is 12.0 Å². The Morgan fingerprint density at radius 2 is 2.21 bits per heavy atom. The Labute approximate surface area is 86.8 Å². The van der Waals surface area contributed by atoms with Crippen molar-refractivity contribution in [2.45, 2.75) is 6.18 Å². The number of hydrogen-bond acceptors (Lipinski definition) is 4. The minimum Gasteiger partial charge on any atom is -0.355 e. The molecule has 1 aromatic rings. The van der Waals surface area contributed by atoms with Gasteiger partial charge in [-0.3, -0.25) is 0 Å². The number of halogens is 4. The highest BCUT2D eigenvalue weighted by molar-refractivity contribution is 7.09. The van der Waals surface area contributed by atoms with Gasteiger partial charge in [-0.15, -0.1) is 0 Å². The van der Waals surface area contributed by atoms with E-state index in [-0.39, 0.29) is 16.7 Å². The number of aromatic nitrogens is 2. The molecular weight excluding hydrogens is 239 g/mol. The molecule has 1 rings (SSSR count). The predicted octanol–water partition coefficient (Wildman–Crippen LogP) is 2.72. The topological polar surface area (TPSA) is 37.8 Å². The molecule has 0 atom stereocenters. The van der Waals surface area contributed by atoms with Gasteiger partial charge in [0.05, 0.1) is 6.54 Å². The van der Waals surface area contributed by atoms with E-state index in [9.17, 15) is 13.2 Å². The van der Waals surface area contributed by atoms with Crippen molar-refractivity contribution in [2.24, 2.45) is 0 Å². The smallest absolute Gasteiger partial charge is 0.355 e. The number of rotatable bonds is 3. The van der Waals surface area contributed by atoms with Gasteiger partial charge in [0.2, 0.25) is 11.0 Å². The summed E-state index contributed by atoms with van der Waals surface area (Å²) >= 11 is 6.03. The van der Waals surface area contributed by atoms with Crippen LogP contribution >= 0.6 is 23.1 Å². The Bertz CT molecular complexity index is 335. The molecule has 0 bridgehead atoms. The van der Waals surface area contributed by atoms with Gasteiger partial charge in [0, 0.05) is 16.6 Å². The van der Waals surface area contributed by atoms with Crippen LogP contribution < -0.4 is 5.32 Å². The van der Waals surface area contributed by atoms with Crippen molar-refractivity contribution in [3.8, 4) is 0 Å². The summed E-state index contributed by atoms with van der Waals surface area (Å²) in [5.41, 5.74) is 0. The van der Waals surface area contributed by atoms with Crippen LogP contribution in [-0.2, 0) is 6.18 Å². The van der Waals surface area contributed by atoms with Crippen LogP contribution in [-0.4, -0.2) is 15.9 Å². The molecule has 1 aromatic heterocycles. The van der Waals surface area contributed by atoms with Gasteiger partial charge in [0.25, 0.3) is 0 Å². The van der Waals surface area contributed by atoms with Gasteiger partial charge in [-0.1, -0.05) is 18.2 Å². The molecule has 0 radical (unpaired) electrons. The van der Waals surface area contributed by atoms with E-state index in [2.05, 4.69) is 21.3 Å². The molecule has 0 amide bonds. The Morgan fingerprint density at radius 3 is 2.64 bits per heavy atom. The van der Waals surface area contributed by atoms with E-state index in [1.54, 1.807) is 0 Å². The molecule has 0 aliphatic heterocycles. The molecule has 0 saturated heterocycles. The summed E-state index contributed by atoms with van der Waals surface area (Å²) in [6, 6.07) is 0. The minimum absolute atomic E-state index is 0.0686. The zero-order valence-corrected chi connectivity index (χ0v) is 8.30. The van der Waals surface area contributed by atoms with Crippen LogP contribution in [0.5, 0.6) is 0 Å². The Morgan fingerprint density at radius 1 is 1.57 bits per heavy atom. The lowest BCUT2D eigenvalue weighted by atomic mass is 10.6. The second-order valence-electron chi connectivity index (χ2n) is 2.29. The van der Waals surface area contributed by atoms with Crippen LogP contribution in [0, 0.1) is 0 Å². The van der Waals surface area contributed by atoms with E-state index in [4.69, 9.17) is 11.6 Å². The summed E-state index contributed by atoms with van der Waals surface area (Å²) < 4.78 is 39.2. The summed E-state index contributed by atoms with van der Waals surface area (Å²) in [5, 5.41) is 2.90. The lowest BCUT2D eigenvalue weighted by molar-refractivity contribution is -0.144. The average Bonchev–Trinajstić information content (AvgIpc) is 2.47. The van der Waals surface area contributed by atoms with Crippen molar-refractivity contribution in [1.82, 2.24) is 9.36 Å². The maximum absolute atomic E-state index is 12.0. The molecule has 0 fully saturated rings. The molecule has 0 unspecified atom stereocenters. The van der Waals surface area contributed by atoms with E-state index in [0.717, 1.165) is 0 Å². The predicted molar refractivity (Wildman–Crippen MR) is 48.4 cm³/mol. The fourth-order valence-corrected chi connectivity index (χ4v) is 1.23. The second-order valence-corrected chi connectivity index (χ2v) is 3.58. The van der Waals surface area contributed by atoms with E-state index in [0.29, 0.717) is 11.5 Å². The number of anilines is 1. The molecule has 0 aromatic carbocycles. The van der Waals surface area contributed by atoms with Crippen molar-refractivity contribution >= 4 is 28.3 Å². The van der Waals surface area contributed by atoms with Crippen LogP contribution in [0.1, 0.15) is 5.82 Å². The molecule has 8 heteroatoms. The van der Waals surface area contributed by atoms with Crippen molar-refractivity contribution in [1.29, 1.82) is 0 Å². The summed E-state index contributed by atoms with van der Waals surface area (Å²) in [4.78, 5) is 3.23. The molecular formula is C6H5ClF3N3S. The summed E-state index contributed by atoms with van der Waals surface area (Å²) in [6.45, 7) is 3.52. The molecule has 3 nitrogen and oxygen atoms in total. The number of hydrogen-bond donors (Lipinski definition) is 1. The zero-order chi connectivity index (χ0) is 10.8. The fourth-order valence-electron chi connectivity index (χ4n) is 0.582. The first-order chi connectivity index (χ1) is 6.39. The summed E-state index contributed by atoms with van der Waals surface area (Å²) in [5.74, 6) is -1.15. The molecule has 78 valence electrons. The van der Waals surface area contributed by atoms with E-state index >= 15 is 0 Å². The SMILES string of the molecule is C=C(Cl)CNc1nc(C(F)(F)F)ns1. The summed E-state index contributed by atoms with van der Waals surface area (Å²) in [7, 11) is 0. The van der Waals surface area contributed by atoms with Crippen LogP contribution in [0.25, 0.3) is 0 Å². The maximum atomic E-state index is 12.0. The van der Waals surface area contributed by atoms with Gasteiger partial charge >= 0.3 is 6.18 Å². The monoisotopic (exact) mass is 243 g/mol. The number of alkyl halides is 3. The van der Waals surface area contributed by atoms with E-state index in [1.165, 1.54) is 0 Å². The van der Waals surface area contributed by atoms with Crippen molar-refractivity contribution < 1.29 is 13.2 Å². The van der Waals surface area contributed by atoms with Gasteiger partial charge in [-0.05, 0) is 0 Å². The Balaban J connectivity index is 2.64. The highest BCUT2D eigenvalue weighted by Crippen LogP contribution is 2.28. The van der Waals surface area contributed by atoms with Crippen molar-refractivity contribution in [3.63, 3.8) is 0 Å². The van der Waals surface area contributed by atoms with E-state index in [1.807, 2.05) is 0 Å². The maximum Gasteiger partial charge on any atom is 0.452 e. The zero-order valence-electron chi connectivity index (χ0n) is 6.73. The van der Waals surface area contributed by atoms with Gasteiger partial charge in [-0.25, -0.2) is 0 Å². The lowest BCUT2D eigenvalue weighted by Gasteiger charge is -1.99. The van der Waals surface area contributed by atoms with Gasteiger partial charge in [0.1, 0.15) is 0 Å². The first-order valence-electron chi connectivity index (χ1n) is 3.37. The number of nitrogens with one attached hydrogen (secondary N) is 1. The molecule has 0 spiro atoms. The third-order valence-electron chi connectivity index (χ3n) is 1.11. The fraction of sp³-hybridized carbons (Fsp3) is 0.333. The van der Waals surface area contributed by atoms with Gasteiger partial charge in [0.15, 0.2) is 0 Å².